The van der Waals surface area contributed by atoms with Crippen molar-refractivity contribution < 1.29 is 9.59 Å². The zero-order valence-electron chi connectivity index (χ0n) is 19.0. The molecule has 2 heterocycles. The lowest BCUT2D eigenvalue weighted by Crippen LogP contribution is -2.51. The Kier molecular flexibility index (Phi) is 6.11. The number of para-hydroxylation sites is 2. The maximum Gasteiger partial charge on any atom is 0.241 e. The van der Waals surface area contributed by atoms with E-state index in [1.165, 1.54) is 16.3 Å². The van der Waals surface area contributed by atoms with Gasteiger partial charge >= 0.3 is 0 Å². The summed E-state index contributed by atoms with van der Waals surface area (Å²) in [7, 11) is 0. The van der Waals surface area contributed by atoms with E-state index in [0.29, 0.717) is 18.7 Å². The van der Waals surface area contributed by atoms with Crippen molar-refractivity contribution >= 4 is 34.0 Å². The van der Waals surface area contributed by atoms with Crippen LogP contribution in [0.2, 0.25) is 0 Å². The van der Waals surface area contributed by atoms with Gasteiger partial charge in [0.05, 0.1) is 17.9 Å². The van der Waals surface area contributed by atoms with Crippen molar-refractivity contribution in [1.29, 1.82) is 0 Å². The molecule has 33 heavy (non-hydrogen) atoms. The molecule has 0 aromatic heterocycles. The van der Waals surface area contributed by atoms with E-state index < -0.39 is 0 Å². The molecule has 3 aromatic carbocycles. The fraction of sp³-hybridized carbons (Fsp3) is 0.333. The van der Waals surface area contributed by atoms with Crippen molar-refractivity contribution in [2.45, 2.75) is 25.9 Å². The summed E-state index contributed by atoms with van der Waals surface area (Å²) in [5.74, 6) is 0.00116. The Morgan fingerprint density at radius 2 is 1.61 bits per heavy atom. The van der Waals surface area contributed by atoms with Crippen molar-refractivity contribution in [3.63, 3.8) is 0 Å². The predicted octanol–water partition coefficient (Wildman–Crippen LogP) is 3.72. The third kappa shape index (κ3) is 4.63. The van der Waals surface area contributed by atoms with E-state index in [1.54, 1.807) is 4.90 Å². The van der Waals surface area contributed by atoms with Crippen LogP contribution < -0.4 is 10.2 Å². The smallest absolute Gasteiger partial charge is 0.241 e. The van der Waals surface area contributed by atoms with E-state index in [0.717, 1.165) is 38.4 Å². The lowest BCUT2D eigenvalue weighted by Gasteiger charge is -2.36. The molecule has 1 fully saturated rings. The van der Waals surface area contributed by atoms with Crippen LogP contribution in [0.15, 0.2) is 66.7 Å². The molecule has 2 amide bonds. The second-order valence-electron chi connectivity index (χ2n) is 9.07. The SMILES string of the molecule is C[C@H]1CC(=O)Nc2ccccc2N1C(=O)CN1CCN(Cc2cccc3ccccc23)CC1. The third-order valence-corrected chi connectivity index (χ3v) is 6.73. The molecule has 1 N–H and O–H groups in total. The third-order valence-electron chi connectivity index (χ3n) is 6.73. The first-order valence-corrected chi connectivity index (χ1v) is 11.7. The van der Waals surface area contributed by atoms with Crippen molar-refractivity contribution in [2.75, 3.05) is 42.9 Å². The molecule has 2 aliphatic rings. The maximum atomic E-state index is 13.3. The van der Waals surface area contributed by atoms with Crippen molar-refractivity contribution in [1.82, 2.24) is 9.80 Å². The van der Waals surface area contributed by atoms with Crippen LogP contribution >= 0.6 is 0 Å². The zero-order valence-corrected chi connectivity index (χ0v) is 19.0. The van der Waals surface area contributed by atoms with Gasteiger partial charge in [0.15, 0.2) is 0 Å². The van der Waals surface area contributed by atoms with Gasteiger partial charge < -0.3 is 10.2 Å². The standard InChI is InChI=1S/C27H30N4O2/c1-20-17-26(32)28-24-11-4-5-12-25(24)31(20)27(33)19-30-15-13-29(14-16-30)18-22-9-6-8-21-7-2-3-10-23(21)22/h2-12,20H,13-19H2,1H3,(H,28,32)/t20-/m0/s1. The lowest BCUT2D eigenvalue weighted by atomic mass is 10.0. The number of fused-ring (bicyclic) bond motifs is 2. The first-order valence-electron chi connectivity index (χ1n) is 11.7. The van der Waals surface area contributed by atoms with Crippen LogP contribution in [-0.4, -0.2) is 60.4 Å². The monoisotopic (exact) mass is 442 g/mol. The van der Waals surface area contributed by atoms with Gasteiger partial charge in [0, 0.05) is 45.2 Å². The predicted molar refractivity (Wildman–Crippen MR) is 132 cm³/mol. The number of nitrogens with zero attached hydrogens (tertiary/aromatic N) is 3. The van der Waals surface area contributed by atoms with Gasteiger partial charge in [-0.05, 0) is 35.4 Å². The summed E-state index contributed by atoms with van der Waals surface area (Å²) in [6.07, 6.45) is 0.305. The van der Waals surface area contributed by atoms with Gasteiger partial charge in [-0.15, -0.1) is 0 Å². The molecular weight excluding hydrogens is 412 g/mol. The van der Waals surface area contributed by atoms with Crippen LogP contribution in [0.5, 0.6) is 0 Å². The van der Waals surface area contributed by atoms with Crippen LogP contribution in [0.1, 0.15) is 18.9 Å². The van der Waals surface area contributed by atoms with Gasteiger partial charge in [-0.2, -0.15) is 0 Å². The molecule has 3 aromatic rings. The highest BCUT2D eigenvalue weighted by atomic mass is 16.2. The largest absolute Gasteiger partial charge is 0.324 e. The van der Waals surface area contributed by atoms with Crippen molar-refractivity contribution in [2.24, 2.45) is 0 Å². The van der Waals surface area contributed by atoms with Gasteiger partial charge in [-0.25, -0.2) is 0 Å². The summed E-state index contributed by atoms with van der Waals surface area (Å²) < 4.78 is 0. The lowest BCUT2D eigenvalue weighted by molar-refractivity contribution is -0.120. The summed E-state index contributed by atoms with van der Waals surface area (Å²) in [6, 6.07) is 22.4. The normalized spacial score (nSPS) is 19.7. The molecule has 2 aliphatic heterocycles. The molecule has 0 unspecified atom stereocenters. The summed E-state index contributed by atoms with van der Waals surface area (Å²) in [6.45, 7) is 6.82. The van der Waals surface area contributed by atoms with Gasteiger partial charge in [0.1, 0.15) is 0 Å². The molecule has 6 nitrogen and oxygen atoms in total. The highest BCUT2D eigenvalue weighted by Gasteiger charge is 2.31. The van der Waals surface area contributed by atoms with Crippen LogP contribution in [0.3, 0.4) is 0 Å². The van der Waals surface area contributed by atoms with Crippen LogP contribution in [-0.2, 0) is 16.1 Å². The topological polar surface area (TPSA) is 55.9 Å². The molecular formula is C27H30N4O2. The Morgan fingerprint density at radius 1 is 0.909 bits per heavy atom. The Hall–Kier alpha value is -3.22. The number of carbonyl (C=O) groups is 2. The van der Waals surface area contributed by atoms with E-state index in [-0.39, 0.29) is 17.9 Å². The average Bonchev–Trinajstić information content (AvgIpc) is 2.94. The van der Waals surface area contributed by atoms with Gasteiger partial charge in [0.2, 0.25) is 11.8 Å². The maximum absolute atomic E-state index is 13.3. The molecule has 6 heteroatoms. The number of hydrogen-bond acceptors (Lipinski definition) is 4. The number of amides is 2. The number of benzene rings is 3. The summed E-state index contributed by atoms with van der Waals surface area (Å²) in [4.78, 5) is 32.1. The number of hydrogen-bond donors (Lipinski definition) is 1. The van der Waals surface area contributed by atoms with Crippen molar-refractivity contribution in [3.8, 4) is 0 Å². The number of anilines is 2. The molecule has 170 valence electrons. The van der Waals surface area contributed by atoms with E-state index >= 15 is 0 Å². The molecule has 0 spiro atoms. The molecule has 1 atom stereocenters. The second-order valence-corrected chi connectivity index (χ2v) is 9.07. The van der Waals surface area contributed by atoms with E-state index in [2.05, 4.69) is 57.6 Å². The number of carbonyl (C=O) groups excluding carboxylic acids is 2. The first kappa shape index (κ1) is 21.6. The Balaban J connectivity index is 1.22. The van der Waals surface area contributed by atoms with Gasteiger partial charge in [0.25, 0.3) is 0 Å². The van der Waals surface area contributed by atoms with Crippen LogP contribution in [0.4, 0.5) is 11.4 Å². The fourth-order valence-corrected chi connectivity index (χ4v) is 5.01. The first-order chi connectivity index (χ1) is 16.1. The van der Waals surface area contributed by atoms with Crippen molar-refractivity contribution in [3.05, 3.63) is 72.3 Å². The Bertz CT molecular complexity index is 1160. The molecule has 1 saturated heterocycles. The highest BCUT2D eigenvalue weighted by Crippen LogP contribution is 2.31. The average molecular weight is 443 g/mol. The number of piperazine rings is 1. The summed E-state index contributed by atoms with van der Waals surface area (Å²) >= 11 is 0. The zero-order chi connectivity index (χ0) is 22.8. The minimum atomic E-state index is -0.172. The second kappa shape index (κ2) is 9.33. The quantitative estimate of drug-likeness (QED) is 0.669. The molecule has 0 radical (unpaired) electrons. The van der Waals surface area contributed by atoms with Crippen LogP contribution in [0.25, 0.3) is 10.8 Å². The Labute approximate surface area is 194 Å². The number of nitrogens with one attached hydrogen (secondary N) is 1. The summed E-state index contributed by atoms with van der Waals surface area (Å²) in [5.41, 5.74) is 2.85. The Morgan fingerprint density at radius 3 is 2.45 bits per heavy atom. The number of rotatable bonds is 4. The molecule has 0 aliphatic carbocycles. The molecule has 0 saturated carbocycles. The van der Waals surface area contributed by atoms with Gasteiger partial charge in [-0.1, -0.05) is 54.6 Å². The van der Waals surface area contributed by atoms with Crippen LogP contribution in [0, 0.1) is 0 Å². The highest BCUT2D eigenvalue weighted by molar-refractivity contribution is 6.04. The van der Waals surface area contributed by atoms with E-state index in [4.69, 9.17) is 0 Å². The molecule has 0 bridgehead atoms. The minimum absolute atomic E-state index is 0.0488. The van der Waals surface area contributed by atoms with E-state index in [9.17, 15) is 9.59 Å². The van der Waals surface area contributed by atoms with E-state index in [1.807, 2.05) is 31.2 Å². The fourth-order valence-electron chi connectivity index (χ4n) is 5.01. The summed E-state index contributed by atoms with van der Waals surface area (Å²) in [5, 5.41) is 5.52. The molecule has 5 rings (SSSR count). The van der Waals surface area contributed by atoms with Gasteiger partial charge in [-0.3, -0.25) is 19.4 Å². The minimum Gasteiger partial charge on any atom is -0.324 e.